The maximum atomic E-state index is 12.5. The molecule has 0 aromatic heterocycles. The molecule has 1 aliphatic rings. The van der Waals surface area contributed by atoms with Crippen molar-refractivity contribution < 1.29 is 24.0 Å². The molecular weight excluding hydrogens is 352 g/mol. The Kier molecular flexibility index (Phi) is 6.41. The molecule has 1 aliphatic carbocycles. The lowest BCUT2D eigenvalue weighted by Crippen LogP contribution is -2.47. The summed E-state index contributed by atoms with van der Waals surface area (Å²) in [7, 11) is 0. The van der Waals surface area contributed by atoms with Crippen LogP contribution in [0.25, 0.3) is 0 Å². The van der Waals surface area contributed by atoms with Gasteiger partial charge >= 0.3 is 12.1 Å². The molecule has 8 nitrogen and oxygen atoms in total. The summed E-state index contributed by atoms with van der Waals surface area (Å²) in [6, 6.07) is 4.89. The summed E-state index contributed by atoms with van der Waals surface area (Å²) < 4.78 is 11.0. The van der Waals surface area contributed by atoms with Crippen LogP contribution < -0.4 is 5.32 Å². The molecule has 0 saturated heterocycles. The van der Waals surface area contributed by atoms with E-state index in [0.717, 1.165) is 12.8 Å². The number of nitro benzene ring substituents is 1. The number of carbonyl (C=O) groups excluding carboxylic acids is 2. The van der Waals surface area contributed by atoms with Crippen molar-refractivity contribution in [3.63, 3.8) is 0 Å². The van der Waals surface area contributed by atoms with E-state index in [1.54, 1.807) is 20.8 Å². The van der Waals surface area contributed by atoms with E-state index in [-0.39, 0.29) is 23.2 Å². The fourth-order valence-electron chi connectivity index (χ4n) is 2.72. The van der Waals surface area contributed by atoms with Crippen LogP contribution in [0.4, 0.5) is 10.5 Å². The highest BCUT2D eigenvalue weighted by molar-refractivity contribution is 5.89. The van der Waals surface area contributed by atoms with Gasteiger partial charge in [-0.2, -0.15) is 0 Å². The number of hydrogen-bond donors (Lipinski definition) is 1. The second-order valence-electron chi connectivity index (χ2n) is 7.67. The molecule has 0 radical (unpaired) electrons. The minimum absolute atomic E-state index is 0.0941. The molecule has 0 spiro atoms. The average molecular weight is 378 g/mol. The summed E-state index contributed by atoms with van der Waals surface area (Å²) in [5, 5.41) is 13.5. The van der Waals surface area contributed by atoms with Crippen LogP contribution >= 0.6 is 0 Å². The fourth-order valence-corrected chi connectivity index (χ4v) is 2.72. The number of nitro groups is 1. The first-order valence-electron chi connectivity index (χ1n) is 9.05. The maximum absolute atomic E-state index is 12.5. The van der Waals surface area contributed by atoms with Crippen LogP contribution in [0.3, 0.4) is 0 Å². The molecule has 1 N–H and O–H groups in total. The molecule has 2 rings (SSSR count). The number of hydrogen-bond acceptors (Lipinski definition) is 6. The summed E-state index contributed by atoms with van der Waals surface area (Å²) in [5.74, 6) is -0.377. The Labute approximate surface area is 158 Å². The molecule has 1 aromatic carbocycles. The minimum atomic E-state index is -0.618. The fraction of sp³-hybridized carbons (Fsp3) is 0.579. The van der Waals surface area contributed by atoms with Crippen LogP contribution in [-0.2, 0) is 9.47 Å². The standard InChI is InChI=1S/C19H26N2O6/c1-5-15(20-18(23)27-19(2,3)4)16(12-6-7-12)26-17(22)13-8-10-14(11-9-13)21(24)25/h8-12,15-16H,5-7H2,1-4H3,(H,20,23). The van der Waals surface area contributed by atoms with Crippen LogP contribution in [0, 0.1) is 16.0 Å². The summed E-state index contributed by atoms with van der Waals surface area (Å²) in [6.07, 6.45) is 1.40. The van der Waals surface area contributed by atoms with Crippen LogP contribution in [0.5, 0.6) is 0 Å². The van der Waals surface area contributed by atoms with Crippen molar-refractivity contribution in [2.24, 2.45) is 5.92 Å². The van der Waals surface area contributed by atoms with E-state index in [2.05, 4.69) is 5.32 Å². The number of benzene rings is 1. The Morgan fingerprint density at radius 1 is 1.26 bits per heavy atom. The number of esters is 1. The van der Waals surface area contributed by atoms with Crippen LogP contribution in [0.2, 0.25) is 0 Å². The number of carbonyl (C=O) groups is 2. The molecule has 1 aromatic rings. The third-order valence-electron chi connectivity index (χ3n) is 4.18. The van der Waals surface area contributed by atoms with Gasteiger partial charge in [0.2, 0.25) is 0 Å². The van der Waals surface area contributed by atoms with Gasteiger partial charge in [0.25, 0.3) is 5.69 Å². The topological polar surface area (TPSA) is 108 Å². The molecule has 0 bridgehead atoms. The first-order valence-corrected chi connectivity index (χ1v) is 9.05. The van der Waals surface area contributed by atoms with Gasteiger partial charge in [0.15, 0.2) is 0 Å². The van der Waals surface area contributed by atoms with E-state index in [4.69, 9.17) is 9.47 Å². The average Bonchev–Trinajstić information content (AvgIpc) is 3.41. The van der Waals surface area contributed by atoms with Gasteiger partial charge in [0.1, 0.15) is 11.7 Å². The molecule has 27 heavy (non-hydrogen) atoms. The zero-order chi connectivity index (χ0) is 20.2. The van der Waals surface area contributed by atoms with E-state index >= 15 is 0 Å². The zero-order valence-electron chi connectivity index (χ0n) is 16.1. The Morgan fingerprint density at radius 2 is 1.85 bits per heavy atom. The highest BCUT2D eigenvalue weighted by Crippen LogP contribution is 2.37. The van der Waals surface area contributed by atoms with Crippen LogP contribution in [0.1, 0.15) is 57.3 Å². The van der Waals surface area contributed by atoms with Gasteiger partial charge in [-0.1, -0.05) is 6.92 Å². The Morgan fingerprint density at radius 3 is 2.30 bits per heavy atom. The highest BCUT2D eigenvalue weighted by Gasteiger charge is 2.40. The largest absolute Gasteiger partial charge is 0.456 e. The second kappa shape index (κ2) is 8.37. The normalized spacial score (nSPS) is 16.1. The summed E-state index contributed by atoms with van der Waals surface area (Å²) in [5.41, 5.74) is -0.478. The number of amides is 1. The van der Waals surface area contributed by atoms with Crippen molar-refractivity contribution in [2.45, 2.75) is 64.7 Å². The second-order valence-corrected chi connectivity index (χ2v) is 7.67. The lowest BCUT2D eigenvalue weighted by Gasteiger charge is -2.28. The Balaban J connectivity index is 2.05. The van der Waals surface area contributed by atoms with E-state index in [1.807, 2.05) is 6.92 Å². The SMILES string of the molecule is CCC(NC(=O)OC(C)(C)C)C(OC(=O)c1ccc([N+](=O)[O-])cc1)C1CC1. The van der Waals surface area contributed by atoms with Gasteiger partial charge < -0.3 is 14.8 Å². The number of nitrogens with one attached hydrogen (secondary N) is 1. The molecule has 0 heterocycles. The molecule has 148 valence electrons. The summed E-state index contributed by atoms with van der Waals surface area (Å²) in [6.45, 7) is 7.23. The maximum Gasteiger partial charge on any atom is 0.408 e. The van der Waals surface area contributed by atoms with Crippen LogP contribution in [-0.4, -0.2) is 34.7 Å². The number of alkyl carbamates (subject to hydrolysis) is 1. The smallest absolute Gasteiger partial charge is 0.408 e. The first-order chi connectivity index (χ1) is 12.6. The van der Waals surface area contributed by atoms with E-state index in [9.17, 15) is 19.7 Å². The van der Waals surface area contributed by atoms with Crippen molar-refractivity contribution in [1.29, 1.82) is 0 Å². The van der Waals surface area contributed by atoms with Crippen molar-refractivity contribution in [3.8, 4) is 0 Å². The third kappa shape index (κ3) is 6.23. The molecule has 1 saturated carbocycles. The number of nitrogens with zero attached hydrogens (tertiary/aromatic N) is 1. The minimum Gasteiger partial charge on any atom is -0.456 e. The third-order valence-corrected chi connectivity index (χ3v) is 4.18. The zero-order valence-corrected chi connectivity index (χ0v) is 16.1. The van der Waals surface area contributed by atoms with E-state index in [0.29, 0.717) is 6.42 Å². The monoisotopic (exact) mass is 378 g/mol. The molecule has 1 fully saturated rings. The van der Waals surface area contributed by atoms with E-state index < -0.39 is 28.7 Å². The highest BCUT2D eigenvalue weighted by atomic mass is 16.6. The number of rotatable bonds is 7. The van der Waals surface area contributed by atoms with E-state index in [1.165, 1.54) is 24.3 Å². The quantitative estimate of drug-likeness (QED) is 0.439. The first kappa shape index (κ1) is 20.7. The van der Waals surface area contributed by atoms with Gasteiger partial charge in [-0.25, -0.2) is 9.59 Å². The summed E-state index contributed by atoms with van der Waals surface area (Å²) in [4.78, 5) is 34.8. The number of non-ortho nitro benzene ring substituents is 1. The van der Waals surface area contributed by atoms with Crippen molar-refractivity contribution >= 4 is 17.7 Å². The van der Waals surface area contributed by atoms with Gasteiger partial charge in [0.05, 0.1) is 16.5 Å². The predicted molar refractivity (Wildman–Crippen MR) is 98.5 cm³/mol. The molecule has 0 aliphatic heterocycles. The van der Waals surface area contributed by atoms with Gasteiger partial charge in [0, 0.05) is 12.1 Å². The van der Waals surface area contributed by atoms with Gasteiger partial charge in [-0.05, 0) is 58.1 Å². The van der Waals surface area contributed by atoms with Crippen molar-refractivity contribution in [3.05, 3.63) is 39.9 Å². The van der Waals surface area contributed by atoms with Crippen LogP contribution in [0.15, 0.2) is 24.3 Å². The van der Waals surface area contributed by atoms with Crippen molar-refractivity contribution in [1.82, 2.24) is 5.32 Å². The molecule has 2 unspecified atom stereocenters. The van der Waals surface area contributed by atoms with Crippen molar-refractivity contribution in [2.75, 3.05) is 0 Å². The molecular formula is C19H26N2O6. The Hall–Kier alpha value is -2.64. The Bertz CT molecular complexity index is 691. The lowest BCUT2D eigenvalue weighted by atomic mass is 10.0. The molecule has 8 heteroatoms. The predicted octanol–water partition coefficient (Wildman–Crippen LogP) is 3.83. The lowest BCUT2D eigenvalue weighted by molar-refractivity contribution is -0.384. The van der Waals surface area contributed by atoms with Gasteiger partial charge in [-0.15, -0.1) is 0 Å². The van der Waals surface area contributed by atoms with Gasteiger partial charge in [-0.3, -0.25) is 10.1 Å². The molecule has 1 amide bonds. The number of ether oxygens (including phenoxy) is 2. The molecule has 2 atom stereocenters. The summed E-state index contributed by atoms with van der Waals surface area (Å²) >= 11 is 0.